The fraction of sp³-hybridized carbons (Fsp3) is 0.300. The molecule has 0 amide bonds. The molecule has 0 spiro atoms. The first-order chi connectivity index (χ1) is 7.82. The Morgan fingerprint density at radius 2 is 2.00 bits per heavy atom. The van der Waals surface area contributed by atoms with Crippen LogP contribution in [-0.2, 0) is 4.79 Å². The average Bonchev–Trinajstić information content (AvgIpc) is 2.18. The molecule has 0 saturated heterocycles. The molecule has 0 radical (unpaired) electrons. The lowest BCUT2D eigenvalue weighted by Gasteiger charge is -2.15. The summed E-state index contributed by atoms with van der Waals surface area (Å²) in [5, 5.41) is 8.51. The van der Waals surface area contributed by atoms with Crippen molar-refractivity contribution < 1.29 is 23.1 Å². The summed E-state index contributed by atoms with van der Waals surface area (Å²) in [6.45, 7) is 0. The minimum absolute atomic E-state index is 0.540. The Bertz CT molecular complexity index is 409. The fourth-order valence-electron chi connectivity index (χ4n) is 1.04. The molecule has 0 bridgehead atoms. The Hall–Kier alpha value is -0.690. The third-order valence-corrected chi connectivity index (χ3v) is 4.06. The summed E-state index contributed by atoms with van der Waals surface area (Å²) in [7, 11) is 0. The number of aliphatic carboxylic acids is 1. The number of carboxylic acid groups (broad SMARTS) is 1. The van der Waals surface area contributed by atoms with Gasteiger partial charge < -0.3 is 5.11 Å². The number of carbonyl (C=O) groups is 1. The normalized spacial score (nSPS) is 13.4. The van der Waals surface area contributed by atoms with Gasteiger partial charge in [0.15, 0.2) is 5.92 Å². The van der Waals surface area contributed by atoms with Crippen LogP contribution in [0.5, 0.6) is 0 Å². The maximum Gasteiger partial charge on any atom is 0.403 e. The lowest BCUT2D eigenvalue weighted by Crippen LogP contribution is -2.32. The molecule has 0 aliphatic carbocycles. The molecule has 1 aromatic carbocycles. The second kappa shape index (κ2) is 5.77. The van der Waals surface area contributed by atoms with Gasteiger partial charge in [-0.15, -0.1) is 11.8 Å². The standard InChI is InChI=1S/C10H8BrF3O2S/c11-7-3-1-2-4-8(7)17-5-6(9(15)16)10(12,13)14/h1-4,6H,5H2,(H,15,16). The van der Waals surface area contributed by atoms with E-state index in [1.807, 2.05) is 0 Å². The summed E-state index contributed by atoms with van der Waals surface area (Å²) < 4.78 is 37.8. The predicted molar refractivity (Wildman–Crippen MR) is 62.0 cm³/mol. The molecule has 17 heavy (non-hydrogen) atoms. The molecular weight excluding hydrogens is 321 g/mol. The number of thioether (sulfide) groups is 1. The van der Waals surface area contributed by atoms with Gasteiger partial charge >= 0.3 is 12.1 Å². The first-order valence-corrected chi connectivity index (χ1v) is 6.27. The maximum absolute atomic E-state index is 12.4. The molecule has 0 saturated carbocycles. The van der Waals surface area contributed by atoms with Gasteiger partial charge in [0.2, 0.25) is 0 Å². The third-order valence-electron chi connectivity index (χ3n) is 1.94. The molecule has 0 fully saturated rings. The van der Waals surface area contributed by atoms with E-state index in [0.717, 1.165) is 11.8 Å². The summed E-state index contributed by atoms with van der Waals surface area (Å²) in [6, 6.07) is 6.72. The molecule has 0 aliphatic rings. The highest BCUT2D eigenvalue weighted by molar-refractivity contribution is 9.10. The van der Waals surface area contributed by atoms with Gasteiger partial charge in [0.05, 0.1) is 0 Å². The summed E-state index contributed by atoms with van der Waals surface area (Å²) >= 11 is 4.05. The van der Waals surface area contributed by atoms with Gasteiger partial charge in [0.25, 0.3) is 0 Å². The van der Waals surface area contributed by atoms with Crippen molar-refractivity contribution in [3.8, 4) is 0 Å². The largest absolute Gasteiger partial charge is 0.481 e. The van der Waals surface area contributed by atoms with Crippen LogP contribution < -0.4 is 0 Å². The van der Waals surface area contributed by atoms with E-state index >= 15 is 0 Å². The zero-order chi connectivity index (χ0) is 13.1. The van der Waals surface area contributed by atoms with Crippen LogP contribution in [0, 0.1) is 5.92 Å². The van der Waals surface area contributed by atoms with E-state index in [4.69, 9.17) is 5.11 Å². The summed E-state index contributed by atoms with van der Waals surface area (Å²) in [4.78, 5) is 11.1. The van der Waals surface area contributed by atoms with Crippen LogP contribution >= 0.6 is 27.7 Å². The van der Waals surface area contributed by atoms with E-state index < -0.39 is 23.8 Å². The summed E-state index contributed by atoms with van der Waals surface area (Å²) in [5.41, 5.74) is 0. The van der Waals surface area contributed by atoms with Crippen LogP contribution in [0.1, 0.15) is 0 Å². The number of alkyl halides is 3. The second-order valence-corrected chi connectivity index (χ2v) is 5.09. The van der Waals surface area contributed by atoms with Gasteiger partial charge in [-0.2, -0.15) is 13.2 Å². The van der Waals surface area contributed by atoms with Crippen molar-refractivity contribution in [1.29, 1.82) is 0 Å². The number of carboxylic acids is 1. The van der Waals surface area contributed by atoms with Crippen molar-refractivity contribution in [2.75, 3.05) is 5.75 Å². The van der Waals surface area contributed by atoms with E-state index in [1.54, 1.807) is 24.3 Å². The van der Waals surface area contributed by atoms with Crippen LogP contribution in [0.2, 0.25) is 0 Å². The van der Waals surface area contributed by atoms with Crippen molar-refractivity contribution in [2.24, 2.45) is 5.92 Å². The summed E-state index contributed by atoms with van der Waals surface area (Å²) in [5.74, 6) is -4.74. The molecule has 0 aliphatic heterocycles. The highest BCUT2D eigenvalue weighted by Gasteiger charge is 2.44. The Morgan fingerprint density at radius 1 is 1.41 bits per heavy atom. The van der Waals surface area contributed by atoms with Gasteiger partial charge in [-0.05, 0) is 28.1 Å². The molecule has 1 atom stereocenters. The maximum atomic E-state index is 12.4. The van der Waals surface area contributed by atoms with Crippen LogP contribution in [0.4, 0.5) is 13.2 Å². The molecule has 1 N–H and O–H groups in total. The Labute approximate surface area is 108 Å². The van der Waals surface area contributed by atoms with E-state index in [0.29, 0.717) is 9.37 Å². The highest BCUT2D eigenvalue weighted by Crippen LogP contribution is 2.34. The molecule has 1 unspecified atom stereocenters. The molecule has 1 aromatic rings. The zero-order valence-electron chi connectivity index (χ0n) is 8.37. The molecule has 7 heteroatoms. The Kier molecular flexibility index (Phi) is 4.88. The Morgan fingerprint density at radius 3 is 2.47 bits per heavy atom. The smallest absolute Gasteiger partial charge is 0.403 e. The first kappa shape index (κ1) is 14.4. The van der Waals surface area contributed by atoms with Crippen molar-refractivity contribution >= 4 is 33.7 Å². The molecule has 0 heterocycles. The number of hydrogen-bond acceptors (Lipinski definition) is 2. The first-order valence-electron chi connectivity index (χ1n) is 4.49. The topological polar surface area (TPSA) is 37.3 Å². The van der Waals surface area contributed by atoms with E-state index in [2.05, 4.69) is 15.9 Å². The van der Waals surface area contributed by atoms with Gasteiger partial charge in [0, 0.05) is 15.1 Å². The number of benzene rings is 1. The van der Waals surface area contributed by atoms with Crippen LogP contribution in [0.15, 0.2) is 33.6 Å². The second-order valence-electron chi connectivity index (χ2n) is 3.17. The van der Waals surface area contributed by atoms with Gasteiger partial charge in [0.1, 0.15) is 0 Å². The van der Waals surface area contributed by atoms with Crippen LogP contribution in [0.3, 0.4) is 0 Å². The summed E-state index contributed by atoms with van der Waals surface area (Å²) in [6.07, 6.45) is -4.72. The molecule has 0 aromatic heterocycles. The van der Waals surface area contributed by atoms with Crippen molar-refractivity contribution in [3.63, 3.8) is 0 Å². The number of rotatable bonds is 4. The van der Waals surface area contributed by atoms with Crippen LogP contribution in [-0.4, -0.2) is 23.0 Å². The Balaban J connectivity index is 2.72. The molecule has 1 rings (SSSR count). The van der Waals surface area contributed by atoms with Crippen molar-refractivity contribution in [3.05, 3.63) is 28.7 Å². The molecule has 2 nitrogen and oxygen atoms in total. The number of halogens is 4. The van der Waals surface area contributed by atoms with E-state index in [1.165, 1.54) is 0 Å². The average molecular weight is 329 g/mol. The minimum Gasteiger partial charge on any atom is -0.481 e. The lowest BCUT2D eigenvalue weighted by molar-refractivity contribution is -0.188. The van der Waals surface area contributed by atoms with Crippen molar-refractivity contribution in [2.45, 2.75) is 11.1 Å². The third kappa shape index (κ3) is 4.23. The quantitative estimate of drug-likeness (QED) is 0.854. The van der Waals surface area contributed by atoms with Gasteiger partial charge in [-0.1, -0.05) is 12.1 Å². The molecular formula is C10H8BrF3O2S. The monoisotopic (exact) mass is 328 g/mol. The zero-order valence-corrected chi connectivity index (χ0v) is 10.8. The van der Waals surface area contributed by atoms with Crippen LogP contribution in [0.25, 0.3) is 0 Å². The SMILES string of the molecule is O=C(O)C(CSc1ccccc1Br)C(F)(F)F. The minimum atomic E-state index is -4.72. The van der Waals surface area contributed by atoms with E-state index in [-0.39, 0.29) is 0 Å². The molecule has 94 valence electrons. The van der Waals surface area contributed by atoms with Gasteiger partial charge in [-0.25, -0.2) is 0 Å². The highest BCUT2D eigenvalue weighted by atomic mass is 79.9. The number of hydrogen-bond donors (Lipinski definition) is 1. The fourth-order valence-corrected chi connectivity index (χ4v) is 2.73. The van der Waals surface area contributed by atoms with Gasteiger partial charge in [-0.3, -0.25) is 4.79 Å². The lowest BCUT2D eigenvalue weighted by atomic mass is 10.2. The van der Waals surface area contributed by atoms with E-state index in [9.17, 15) is 18.0 Å². The van der Waals surface area contributed by atoms with Crippen molar-refractivity contribution in [1.82, 2.24) is 0 Å². The predicted octanol–water partition coefficient (Wildman–Crippen LogP) is 3.80.